The molecule has 1 unspecified atom stereocenters. The number of rotatable bonds is 5. The molecule has 19 heavy (non-hydrogen) atoms. The fourth-order valence-corrected chi connectivity index (χ4v) is 2.39. The van der Waals surface area contributed by atoms with Gasteiger partial charge in [-0.1, -0.05) is 38.1 Å². The van der Waals surface area contributed by atoms with Gasteiger partial charge < -0.3 is 10.1 Å². The fraction of sp³-hybridized carbons (Fsp3) is 0.562. The number of carbonyl (C=O) groups is 1. The molecular formula is C16H23NO2. The number of morpholine rings is 1. The predicted molar refractivity (Wildman–Crippen MR) is 76.5 cm³/mol. The van der Waals surface area contributed by atoms with Gasteiger partial charge in [-0.25, -0.2) is 0 Å². The third-order valence-electron chi connectivity index (χ3n) is 3.35. The average molecular weight is 261 g/mol. The first-order chi connectivity index (χ1) is 9.15. The molecule has 0 spiro atoms. The highest BCUT2D eigenvalue weighted by atomic mass is 16.5. The number of ketones is 1. The molecule has 1 fully saturated rings. The number of benzene rings is 1. The highest BCUT2D eigenvalue weighted by Gasteiger charge is 2.17. The molecule has 0 aliphatic carbocycles. The van der Waals surface area contributed by atoms with Gasteiger partial charge in [-0.15, -0.1) is 0 Å². The molecule has 0 saturated carbocycles. The van der Waals surface area contributed by atoms with Crippen molar-refractivity contribution >= 4 is 5.78 Å². The number of nitrogens with one attached hydrogen (secondary N) is 1. The standard InChI is InChI=1S/C16H23NO2/c1-12(2)9-13-3-5-14(6-4-13)16(18)10-15-11-19-8-7-17-15/h3-6,12,15,17H,7-11H2,1-2H3. The van der Waals surface area contributed by atoms with Crippen LogP contribution in [0.1, 0.15) is 36.2 Å². The van der Waals surface area contributed by atoms with E-state index in [-0.39, 0.29) is 11.8 Å². The summed E-state index contributed by atoms with van der Waals surface area (Å²) in [5, 5.41) is 3.31. The Morgan fingerprint density at radius 1 is 1.37 bits per heavy atom. The second-order valence-electron chi connectivity index (χ2n) is 5.65. The maximum absolute atomic E-state index is 12.2. The number of ether oxygens (including phenoxy) is 1. The summed E-state index contributed by atoms with van der Waals surface area (Å²) in [7, 11) is 0. The zero-order valence-corrected chi connectivity index (χ0v) is 11.8. The fourth-order valence-electron chi connectivity index (χ4n) is 2.39. The topological polar surface area (TPSA) is 38.3 Å². The minimum Gasteiger partial charge on any atom is -0.378 e. The van der Waals surface area contributed by atoms with Gasteiger partial charge in [0.05, 0.1) is 13.2 Å². The molecule has 1 aromatic rings. The Morgan fingerprint density at radius 2 is 2.11 bits per heavy atom. The van der Waals surface area contributed by atoms with Gasteiger partial charge in [0, 0.05) is 24.6 Å². The van der Waals surface area contributed by atoms with Gasteiger partial charge in [0.25, 0.3) is 0 Å². The van der Waals surface area contributed by atoms with E-state index in [1.165, 1.54) is 5.56 Å². The lowest BCUT2D eigenvalue weighted by atomic mass is 9.98. The Balaban J connectivity index is 1.91. The first-order valence-electron chi connectivity index (χ1n) is 7.08. The summed E-state index contributed by atoms with van der Waals surface area (Å²) in [5.74, 6) is 0.837. The van der Waals surface area contributed by atoms with E-state index < -0.39 is 0 Å². The highest BCUT2D eigenvalue weighted by molar-refractivity contribution is 5.96. The van der Waals surface area contributed by atoms with Gasteiger partial charge in [0.1, 0.15) is 0 Å². The summed E-state index contributed by atoms with van der Waals surface area (Å²) in [6.07, 6.45) is 1.58. The molecule has 1 heterocycles. The number of Topliss-reactive ketones (excluding diaryl/α,β-unsaturated/α-hetero) is 1. The molecule has 104 valence electrons. The Hall–Kier alpha value is -1.19. The van der Waals surface area contributed by atoms with Crippen molar-refractivity contribution in [2.24, 2.45) is 5.92 Å². The van der Waals surface area contributed by atoms with Crippen LogP contribution in [0.4, 0.5) is 0 Å². The van der Waals surface area contributed by atoms with E-state index in [0.29, 0.717) is 18.9 Å². The summed E-state index contributed by atoms with van der Waals surface area (Å²) in [6.45, 7) is 6.62. The van der Waals surface area contributed by atoms with Crippen molar-refractivity contribution in [1.29, 1.82) is 0 Å². The highest BCUT2D eigenvalue weighted by Crippen LogP contribution is 2.12. The Kier molecular flexibility index (Phi) is 5.11. The largest absolute Gasteiger partial charge is 0.378 e. The minimum atomic E-state index is 0.164. The molecule has 1 aliphatic heterocycles. The first-order valence-corrected chi connectivity index (χ1v) is 7.08. The van der Waals surface area contributed by atoms with Crippen molar-refractivity contribution in [3.8, 4) is 0 Å². The maximum Gasteiger partial charge on any atom is 0.164 e. The summed E-state index contributed by atoms with van der Waals surface area (Å²) < 4.78 is 5.37. The van der Waals surface area contributed by atoms with Crippen molar-refractivity contribution in [3.63, 3.8) is 0 Å². The molecule has 0 aromatic heterocycles. The van der Waals surface area contributed by atoms with E-state index in [4.69, 9.17) is 4.74 Å². The molecule has 1 aromatic carbocycles. The molecule has 3 heteroatoms. The summed E-state index contributed by atoms with van der Waals surface area (Å²) in [5.41, 5.74) is 2.10. The van der Waals surface area contributed by atoms with E-state index in [9.17, 15) is 4.79 Å². The molecule has 1 aliphatic rings. The van der Waals surface area contributed by atoms with Gasteiger partial charge in [-0.3, -0.25) is 4.79 Å². The summed E-state index contributed by atoms with van der Waals surface area (Å²) >= 11 is 0. The second-order valence-corrected chi connectivity index (χ2v) is 5.65. The molecule has 2 rings (SSSR count). The number of hydrogen-bond donors (Lipinski definition) is 1. The molecule has 1 atom stereocenters. The third-order valence-corrected chi connectivity index (χ3v) is 3.35. The maximum atomic E-state index is 12.2. The van der Waals surface area contributed by atoms with E-state index in [1.807, 2.05) is 12.1 Å². The molecule has 1 N–H and O–H groups in total. The van der Waals surface area contributed by atoms with E-state index in [2.05, 4.69) is 31.3 Å². The molecule has 0 amide bonds. The Morgan fingerprint density at radius 3 is 2.68 bits per heavy atom. The van der Waals surface area contributed by atoms with Crippen molar-refractivity contribution in [2.45, 2.75) is 32.7 Å². The quantitative estimate of drug-likeness (QED) is 0.827. The Bertz CT molecular complexity index is 405. The summed E-state index contributed by atoms with van der Waals surface area (Å²) in [6, 6.07) is 8.19. The van der Waals surface area contributed by atoms with Crippen molar-refractivity contribution in [3.05, 3.63) is 35.4 Å². The van der Waals surface area contributed by atoms with Gasteiger partial charge in [0.15, 0.2) is 5.78 Å². The van der Waals surface area contributed by atoms with Crippen LogP contribution >= 0.6 is 0 Å². The molecule has 3 nitrogen and oxygen atoms in total. The average Bonchev–Trinajstić information content (AvgIpc) is 2.40. The van der Waals surface area contributed by atoms with Crippen LogP contribution in [0.2, 0.25) is 0 Å². The van der Waals surface area contributed by atoms with Crippen LogP contribution in [-0.4, -0.2) is 31.6 Å². The molecular weight excluding hydrogens is 238 g/mol. The minimum absolute atomic E-state index is 0.164. The zero-order valence-electron chi connectivity index (χ0n) is 11.8. The Labute approximate surface area is 115 Å². The lowest BCUT2D eigenvalue weighted by Crippen LogP contribution is -2.42. The zero-order chi connectivity index (χ0) is 13.7. The van der Waals surface area contributed by atoms with E-state index in [0.717, 1.165) is 25.1 Å². The molecule has 0 radical (unpaired) electrons. The van der Waals surface area contributed by atoms with Crippen LogP contribution in [0.5, 0.6) is 0 Å². The van der Waals surface area contributed by atoms with E-state index in [1.54, 1.807) is 0 Å². The van der Waals surface area contributed by atoms with Crippen LogP contribution in [0, 0.1) is 5.92 Å². The van der Waals surface area contributed by atoms with Gasteiger partial charge in [-0.05, 0) is 17.9 Å². The molecule has 0 bridgehead atoms. The smallest absolute Gasteiger partial charge is 0.164 e. The summed E-state index contributed by atoms with van der Waals surface area (Å²) in [4.78, 5) is 12.2. The normalized spacial score (nSPS) is 19.6. The SMILES string of the molecule is CC(C)Cc1ccc(C(=O)CC2COCCN2)cc1. The van der Waals surface area contributed by atoms with Crippen LogP contribution in [0.3, 0.4) is 0 Å². The second kappa shape index (κ2) is 6.83. The van der Waals surface area contributed by atoms with Crippen LogP contribution < -0.4 is 5.32 Å². The predicted octanol–water partition coefficient (Wildman–Crippen LogP) is 2.45. The van der Waals surface area contributed by atoms with Gasteiger partial charge in [0.2, 0.25) is 0 Å². The number of carbonyl (C=O) groups excluding carboxylic acids is 1. The van der Waals surface area contributed by atoms with Gasteiger partial charge in [-0.2, -0.15) is 0 Å². The van der Waals surface area contributed by atoms with E-state index >= 15 is 0 Å². The number of hydrogen-bond acceptors (Lipinski definition) is 3. The lowest BCUT2D eigenvalue weighted by Gasteiger charge is -2.23. The lowest BCUT2D eigenvalue weighted by molar-refractivity contribution is 0.0676. The monoisotopic (exact) mass is 261 g/mol. The third kappa shape index (κ3) is 4.44. The van der Waals surface area contributed by atoms with Gasteiger partial charge >= 0.3 is 0 Å². The van der Waals surface area contributed by atoms with Crippen molar-refractivity contribution in [1.82, 2.24) is 5.32 Å². The van der Waals surface area contributed by atoms with Crippen molar-refractivity contribution < 1.29 is 9.53 Å². The van der Waals surface area contributed by atoms with Crippen LogP contribution in [0.15, 0.2) is 24.3 Å². The van der Waals surface area contributed by atoms with Crippen LogP contribution in [0.25, 0.3) is 0 Å². The van der Waals surface area contributed by atoms with Crippen LogP contribution in [-0.2, 0) is 11.2 Å². The molecule has 1 saturated heterocycles. The van der Waals surface area contributed by atoms with Crippen molar-refractivity contribution in [2.75, 3.05) is 19.8 Å². The first kappa shape index (κ1) is 14.2.